The monoisotopic (exact) mass is 495 g/mol. The van der Waals surface area contributed by atoms with Crippen LogP contribution in [0.4, 0.5) is 0 Å². The first kappa shape index (κ1) is 25.2. The summed E-state index contributed by atoms with van der Waals surface area (Å²) in [6.45, 7) is 3.28. The van der Waals surface area contributed by atoms with Gasteiger partial charge in [-0.2, -0.15) is 0 Å². The second-order valence-corrected chi connectivity index (χ2v) is 12.0. The highest BCUT2D eigenvalue weighted by Crippen LogP contribution is 2.35. The molecule has 0 saturated carbocycles. The van der Waals surface area contributed by atoms with E-state index in [0.29, 0.717) is 18.6 Å². The predicted octanol–water partition coefficient (Wildman–Crippen LogP) is 3.17. The van der Waals surface area contributed by atoms with Crippen molar-refractivity contribution in [3.05, 3.63) is 53.6 Å². The molecule has 180 valence electrons. The summed E-state index contributed by atoms with van der Waals surface area (Å²) in [5, 5.41) is 0. The van der Waals surface area contributed by atoms with Crippen molar-refractivity contribution in [3.8, 4) is 5.75 Å². The third kappa shape index (κ3) is 6.55. The quantitative estimate of drug-likeness (QED) is 0.442. The number of esters is 1. The minimum atomic E-state index is -3.98. The fraction of sp³-hybridized carbons (Fsp3) is 0.435. The second kappa shape index (κ2) is 10.2. The Balaban J connectivity index is 1.87. The highest BCUT2D eigenvalue weighted by Gasteiger charge is 2.27. The van der Waals surface area contributed by atoms with Crippen molar-refractivity contribution in [2.75, 3.05) is 12.9 Å². The molecule has 1 N–H and O–H groups in total. The average Bonchev–Trinajstić information content (AvgIpc) is 2.93. The summed E-state index contributed by atoms with van der Waals surface area (Å²) < 4.78 is 63.5. The molecule has 0 bridgehead atoms. The molecule has 0 saturated heterocycles. The lowest BCUT2D eigenvalue weighted by atomic mass is 9.99. The fourth-order valence-electron chi connectivity index (χ4n) is 3.80. The minimum absolute atomic E-state index is 0.0596. The molecule has 0 amide bonds. The zero-order valence-electron chi connectivity index (χ0n) is 18.9. The molecule has 0 heterocycles. The summed E-state index contributed by atoms with van der Waals surface area (Å²) in [6.07, 6.45) is 3.69. The predicted molar refractivity (Wildman–Crippen MR) is 123 cm³/mol. The van der Waals surface area contributed by atoms with Gasteiger partial charge in [-0.3, -0.25) is 0 Å². The van der Waals surface area contributed by atoms with Gasteiger partial charge in [-0.1, -0.05) is 24.6 Å². The zero-order chi connectivity index (χ0) is 24.2. The third-order valence-corrected chi connectivity index (χ3v) is 7.85. The lowest BCUT2D eigenvalue weighted by Crippen LogP contribution is -2.29. The van der Waals surface area contributed by atoms with Gasteiger partial charge in [-0.15, -0.1) is 0 Å². The number of carbonyl (C=O) groups excluding carboxylic acids is 1. The first-order valence-corrected chi connectivity index (χ1v) is 14.1. The Morgan fingerprint density at radius 2 is 1.76 bits per heavy atom. The maximum Gasteiger partial charge on any atom is 0.344 e. The molecular weight excluding hydrogens is 466 g/mol. The SMILES string of the molecule is CC(C)OC(=O)COc1cccc2c1CCCCC2NS(=O)(=O)c1cccc(S(C)(=O)=O)c1. The van der Waals surface area contributed by atoms with Crippen LogP contribution in [0.15, 0.2) is 52.3 Å². The normalized spacial score (nSPS) is 16.7. The van der Waals surface area contributed by atoms with Crippen molar-refractivity contribution in [3.63, 3.8) is 0 Å². The first-order chi connectivity index (χ1) is 15.5. The molecule has 2 aromatic carbocycles. The lowest BCUT2D eigenvalue weighted by molar-refractivity contribution is -0.149. The van der Waals surface area contributed by atoms with E-state index in [1.54, 1.807) is 26.0 Å². The van der Waals surface area contributed by atoms with Gasteiger partial charge in [-0.25, -0.2) is 26.4 Å². The van der Waals surface area contributed by atoms with E-state index in [4.69, 9.17) is 9.47 Å². The van der Waals surface area contributed by atoms with Gasteiger partial charge in [-0.05, 0) is 68.5 Å². The van der Waals surface area contributed by atoms with Gasteiger partial charge in [0, 0.05) is 12.3 Å². The number of benzene rings is 2. The Bertz CT molecular complexity index is 1220. The Kier molecular flexibility index (Phi) is 7.81. The van der Waals surface area contributed by atoms with Crippen LogP contribution < -0.4 is 9.46 Å². The van der Waals surface area contributed by atoms with Crippen molar-refractivity contribution in [2.45, 2.75) is 61.5 Å². The number of hydrogen-bond donors (Lipinski definition) is 1. The smallest absolute Gasteiger partial charge is 0.344 e. The lowest BCUT2D eigenvalue weighted by Gasteiger charge is -2.21. The summed E-state index contributed by atoms with van der Waals surface area (Å²) in [7, 11) is -7.53. The number of nitrogens with one attached hydrogen (secondary N) is 1. The molecule has 0 radical (unpaired) electrons. The molecule has 33 heavy (non-hydrogen) atoms. The van der Waals surface area contributed by atoms with Crippen LogP contribution in [-0.2, 0) is 35.8 Å². The van der Waals surface area contributed by atoms with Crippen molar-refractivity contribution in [2.24, 2.45) is 0 Å². The summed E-state index contributed by atoms with van der Waals surface area (Å²) in [4.78, 5) is 11.7. The van der Waals surface area contributed by atoms with E-state index in [0.717, 1.165) is 36.3 Å². The molecule has 1 aliphatic rings. The van der Waals surface area contributed by atoms with Crippen LogP contribution in [0, 0.1) is 0 Å². The van der Waals surface area contributed by atoms with Gasteiger partial charge < -0.3 is 9.47 Å². The van der Waals surface area contributed by atoms with Crippen LogP contribution in [0.1, 0.15) is 50.3 Å². The maximum absolute atomic E-state index is 13.1. The fourth-order valence-corrected chi connectivity index (χ4v) is 5.84. The van der Waals surface area contributed by atoms with Crippen LogP contribution in [0.25, 0.3) is 0 Å². The Hall–Kier alpha value is -2.43. The highest BCUT2D eigenvalue weighted by molar-refractivity contribution is 7.91. The van der Waals surface area contributed by atoms with Crippen molar-refractivity contribution < 1.29 is 31.1 Å². The van der Waals surface area contributed by atoms with E-state index in [1.165, 1.54) is 18.2 Å². The molecular formula is C23H29NO7S2. The van der Waals surface area contributed by atoms with E-state index in [-0.39, 0.29) is 22.5 Å². The van der Waals surface area contributed by atoms with Crippen LogP contribution >= 0.6 is 0 Å². The van der Waals surface area contributed by atoms with Crippen LogP contribution in [-0.4, -0.2) is 41.8 Å². The molecule has 0 spiro atoms. The van der Waals surface area contributed by atoms with Crippen molar-refractivity contribution >= 4 is 25.8 Å². The first-order valence-electron chi connectivity index (χ1n) is 10.7. The largest absolute Gasteiger partial charge is 0.482 e. The highest BCUT2D eigenvalue weighted by atomic mass is 32.2. The van der Waals surface area contributed by atoms with Crippen LogP contribution in [0.3, 0.4) is 0 Å². The van der Waals surface area contributed by atoms with Crippen LogP contribution in [0.2, 0.25) is 0 Å². The molecule has 1 atom stereocenters. The summed E-state index contributed by atoms with van der Waals surface area (Å²) in [6, 6.07) is 10.2. The number of ether oxygens (including phenoxy) is 2. The summed E-state index contributed by atoms with van der Waals surface area (Å²) >= 11 is 0. The standard InChI is InChI=1S/C23H29NO7S2/c1-16(2)31-23(25)15-30-22-13-7-11-19-20(22)10-4-5-12-21(19)24-33(28,29)18-9-6-8-17(14-18)32(3,26)27/h6-9,11,13-14,16,21,24H,4-5,10,12,15H2,1-3H3. The number of sulfonamides is 1. The number of sulfone groups is 1. The molecule has 0 aromatic heterocycles. The number of fused-ring (bicyclic) bond motifs is 1. The molecule has 1 aliphatic carbocycles. The Morgan fingerprint density at radius 1 is 1.06 bits per heavy atom. The second-order valence-electron chi connectivity index (χ2n) is 8.32. The number of carbonyl (C=O) groups is 1. The van der Waals surface area contributed by atoms with Gasteiger partial charge in [0.15, 0.2) is 16.4 Å². The Morgan fingerprint density at radius 3 is 2.45 bits per heavy atom. The van der Waals surface area contributed by atoms with Gasteiger partial charge >= 0.3 is 5.97 Å². The van der Waals surface area contributed by atoms with E-state index >= 15 is 0 Å². The summed E-state index contributed by atoms with van der Waals surface area (Å²) in [5.41, 5.74) is 1.63. The zero-order valence-corrected chi connectivity index (χ0v) is 20.5. The Labute approximate surface area is 195 Å². The molecule has 0 fully saturated rings. The van der Waals surface area contributed by atoms with Gasteiger partial charge in [0.25, 0.3) is 0 Å². The molecule has 0 aliphatic heterocycles. The van der Waals surface area contributed by atoms with E-state index in [1.807, 2.05) is 6.07 Å². The molecule has 1 unspecified atom stereocenters. The van der Waals surface area contributed by atoms with Crippen molar-refractivity contribution in [1.29, 1.82) is 0 Å². The van der Waals surface area contributed by atoms with E-state index in [9.17, 15) is 21.6 Å². The average molecular weight is 496 g/mol. The molecule has 3 rings (SSSR count). The molecule has 8 nitrogen and oxygen atoms in total. The number of hydrogen-bond acceptors (Lipinski definition) is 7. The van der Waals surface area contributed by atoms with E-state index in [2.05, 4.69) is 4.72 Å². The third-order valence-electron chi connectivity index (χ3n) is 5.27. The molecule has 2 aromatic rings. The molecule has 10 heteroatoms. The number of rotatable bonds is 8. The maximum atomic E-state index is 13.1. The topological polar surface area (TPSA) is 116 Å². The van der Waals surface area contributed by atoms with Gasteiger partial charge in [0.1, 0.15) is 5.75 Å². The van der Waals surface area contributed by atoms with Gasteiger partial charge in [0.05, 0.1) is 15.9 Å². The van der Waals surface area contributed by atoms with E-state index < -0.39 is 31.9 Å². The van der Waals surface area contributed by atoms with Gasteiger partial charge in [0.2, 0.25) is 10.0 Å². The van der Waals surface area contributed by atoms with Crippen molar-refractivity contribution in [1.82, 2.24) is 4.72 Å². The minimum Gasteiger partial charge on any atom is -0.482 e. The van der Waals surface area contributed by atoms with Crippen LogP contribution in [0.5, 0.6) is 5.75 Å². The summed E-state index contributed by atoms with van der Waals surface area (Å²) in [5.74, 6) is 0.0533.